The molecule has 2 aromatic rings. The monoisotopic (exact) mass is 345 g/mol. The normalized spacial score (nSPS) is 16.5. The molecule has 0 saturated heterocycles. The van der Waals surface area contributed by atoms with Crippen LogP contribution in [0.5, 0.6) is 0 Å². The summed E-state index contributed by atoms with van der Waals surface area (Å²) in [7, 11) is 0. The maximum Gasteiger partial charge on any atom is 0.315 e. The van der Waals surface area contributed by atoms with E-state index in [1.165, 1.54) is 17.8 Å². The van der Waals surface area contributed by atoms with Crippen LogP contribution in [-0.2, 0) is 0 Å². The molecule has 0 spiro atoms. The van der Waals surface area contributed by atoms with E-state index in [-0.39, 0.29) is 18.6 Å². The van der Waals surface area contributed by atoms with Gasteiger partial charge in [-0.05, 0) is 32.3 Å². The van der Waals surface area contributed by atoms with E-state index in [1.807, 2.05) is 43.5 Å². The fourth-order valence-corrected chi connectivity index (χ4v) is 3.52. The Balaban J connectivity index is 1.46. The van der Waals surface area contributed by atoms with Crippen molar-refractivity contribution in [3.05, 3.63) is 51.5 Å². The van der Waals surface area contributed by atoms with Gasteiger partial charge >= 0.3 is 6.03 Å². The Labute approximate surface area is 146 Å². The Hall–Kier alpha value is -1.92. The number of benzene rings is 1. The van der Waals surface area contributed by atoms with Crippen LogP contribution in [-0.4, -0.2) is 22.7 Å². The zero-order valence-corrected chi connectivity index (χ0v) is 14.8. The van der Waals surface area contributed by atoms with Gasteiger partial charge in [0.25, 0.3) is 0 Å². The van der Waals surface area contributed by atoms with E-state index in [1.54, 1.807) is 11.3 Å². The molecule has 3 rings (SSSR count). The van der Waals surface area contributed by atoms with E-state index in [4.69, 9.17) is 0 Å². The molecule has 2 amide bonds. The molecule has 6 heteroatoms. The van der Waals surface area contributed by atoms with Crippen molar-refractivity contribution < 1.29 is 9.90 Å². The number of aliphatic hydroxyl groups is 1. The van der Waals surface area contributed by atoms with Crippen LogP contribution in [0.15, 0.2) is 29.6 Å². The fraction of sp³-hybridized carbons (Fsp3) is 0.444. The molecular formula is C18H23N3O2S. The number of carbonyl (C=O) groups is 1. The van der Waals surface area contributed by atoms with Crippen LogP contribution in [0.4, 0.5) is 4.79 Å². The number of aryl methyl sites for hydroxylation is 1. The van der Waals surface area contributed by atoms with Gasteiger partial charge in [0, 0.05) is 17.8 Å². The minimum absolute atomic E-state index is 0.148. The van der Waals surface area contributed by atoms with Gasteiger partial charge in [-0.1, -0.05) is 29.8 Å². The largest absolute Gasteiger partial charge is 0.387 e. The predicted molar refractivity (Wildman–Crippen MR) is 95.2 cm³/mol. The SMILES string of the molecule is Cc1ccc([C@H](O)CNC(=O)N[C@@H](C)c2csc(C3CC3)n2)cc1. The molecule has 128 valence electrons. The number of aliphatic hydroxyl groups excluding tert-OH is 1. The van der Waals surface area contributed by atoms with Crippen molar-refractivity contribution in [3.8, 4) is 0 Å². The maximum atomic E-state index is 12.0. The molecule has 0 aliphatic heterocycles. The number of carbonyl (C=O) groups excluding carboxylic acids is 1. The third kappa shape index (κ3) is 4.33. The lowest BCUT2D eigenvalue weighted by Gasteiger charge is -2.15. The number of rotatable bonds is 6. The van der Waals surface area contributed by atoms with Crippen molar-refractivity contribution in [2.45, 2.75) is 44.8 Å². The first-order valence-corrected chi connectivity index (χ1v) is 9.15. The highest BCUT2D eigenvalue weighted by Gasteiger charge is 2.27. The Kier molecular flexibility index (Phi) is 5.16. The summed E-state index contributed by atoms with van der Waals surface area (Å²) in [6.07, 6.45) is 1.74. The molecule has 0 bridgehead atoms. The highest BCUT2D eigenvalue weighted by Crippen LogP contribution is 2.41. The van der Waals surface area contributed by atoms with Crippen LogP contribution in [0.2, 0.25) is 0 Å². The first-order chi connectivity index (χ1) is 11.5. The lowest BCUT2D eigenvalue weighted by Crippen LogP contribution is -2.39. The third-order valence-corrected chi connectivity index (χ3v) is 5.20. The third-order valence-electron chi connectivity index (χ3n) is 4.18. The van der Waals surface area contributed by atoms with Crippen LogP contribution in [0.3, 0.4) is 0 Å². The Bertz CT molecular complexity index is 695. The minimum Gasteiger partial charge on any atom is -0.387 e. The van der Waals surface area contributed by atoms with E-state index >= 15 is 0 Å². The van der Waals surface area contributed by atoms with E-state index in [0.29, 0.717) is 5.92 Å². The summed E-state index contributed by atoms with van der Waals surface area (Å²) >= 11 is 1.67. The van der Waals surface area contributed by atoms with Gasteiger partial charge in [-0.15, -0.1) is 11.3 Å². The molecule has 0 radical (unpaired) electrons. The average Bonchev–Trinajstić information content (AvgIpc) is 3.30. The number of nitrogens with one attached hydrogen (secondary N) is 2. The quantitative estimate of drug-likeness (QED) is 0.751. The summed E-state index contributed by atoms with van der Waals surface area (Å²) in [6.45, 7) is 4.09. The van der Waals surface area contributed by atoms with Gasteiger partial charge in [0.1, 0.15) is 0 Å². The molecule has 2 atom stereocenters. The van der Waals surface area contributed by atoms with E-state index in [2.05, 4.69) is 15.6 Å². The highest BCUT2D eigenvalue weighted by atomic mass is 32.1. The zero-order valence-electron chi connectivity index (χ0n) is 14.0. The molecule has 5 nitrogen and oxygen atoms in total. The molecule has 0 unspecified atom stereocenters. The lowest BCUT2D eigenvalue weighted by atomic mass is 10.1. The first kappa shape index (κ1) is 16.9. The van der Waals surface area contributed by atoms with E-state index in [0.717, 1.165) is 16.8 Å². The number of nitrogens with zero attached hydrogens (tertiary/aromatic N) is 1. The molecule has 1 aliphatic carbocycles. The summed E-state index contributed by atoms with van der Waals surface area (Å²) < 4.78 is 0. The van der Waals surface area contributed by atoms with Crippen LogP contribution in [0.1, 0.15) is 59.7 Å². The van der Waals surface area contributed by atoms with Crippen molar-refractivity contribution >= 4 is 17.4 Å². The number of amides is 2. The van der Waals surface area contributed by atoms with Gasteiger partial charge in [0.15, 0.2) is 0 Å². The summed E-state index contributed by atoms with van der Waals surface area (Å²) in [5, 5.41) is 18.9. The van der Waals surface area contributed by atoms with Gasteiger partial charge in [0.2, 0.25) is 0 Å². The molecular weight excluding hydrogens is 322 g/mol. The molecule has 1 aliphatic rings. The molecule has 3 N–H and O–H groups in total. The van der Waals surface area contributed by atoms with Crippen molar-refractivity contribution in [1.29, 1.82) is 0 Å². The average molecular weight is 345 g/mol. The van der Waals surface area contributed by atoms with Crippen LogP contribution in [0, 0.1) is 6.92 Å². The summed E-state index contributed by atoms with van der Waals surface area (Å²) in [5.41, 5.74) is 2.83. The van der Waals surface area contributed by atoms with Crippen molar-refractivity contribution in [1.82, 2.24) is 15.6 Å². The highest BCUT2D eigenvalue weighted by molar-refractivity contribution is 7.09. The van der Waals surface area contributed by atoms with Gasteiger partial charge in [-0.25, -0.2) is 9.78 Å². The fourth-order valence-electron chi connectivity index (χ4n) is 2.43. The van der Waals surface area contributed by atoms with Crippen molar-refractivity contribution in [3.63, 3.8) is 0 Å². The lowest BCUT2D eigenvalue weighted by molar-refractivity contribution is 0.172. The number of urea groups is 1. The Morgan fingerprint density at radius 3 is 2.75 bits per heavy atom. The van der Waals surface area contributed by atoms with Crippen molar-refractivity contribution in [2.75, 3.05) is 6.54 Å². The molecule has 1 aromatic heterocycles. The minimum atomic E-state index is -0.715. The van der Waals surface area contributed by atoms with Crippen LogP contribution < -0.4 is 10.6 Å². The molecule has 1 heterocycles. The van der Waals surface area contributed by atoms with Gasteiger partial charge in [0.05, 0.1) is 22.8 Å². The zero-order chi connectivity index (χ0) is 17.1. The van der Waals surface area contributed by atoms with Gasteiger partial charge in [-0.2, -0.15) is 0 Å². The number of aromatic nitrogens is 1. The Morgan fingerprint density at radius 2 is 2.08 bits per heavy atom. The first-order valence-electron chi connectivity index (χ1n) is 8.27. The van der Waals surface area contributed by atoms with E-state index in [9.17, 15) is 9.90 Å². The smallest absolute Gasteiger partial charge is 0.315 e. The topological polar surface area (TPSA) is 74.2 Å². The summed E-state index contributed by atoms with van der Waals surface area (Å²) in [4.78, 5) is 16.6. The van der Waals surface area contributed by atoms with Gasteiger partial charge < -0.3 is 15.7 Å². The van der Waals surface area contributed by atoms with E-state index < -0.39 is 6.10 Å². The van der Waals surface area contributed by atoms with Crippen molar-refractivity contribution in [2.24, 2.45) is 0 Å². The number of thiazole rings is 1. The second kappa shape index (κ2) is 7.32. The molecule has 1 aromatic carbocycles. The standard InChI is InChI=1S/C18H23N3O2S/c1-11-3-5-13(6-4-11)16(22)9-19-18(23)20-12(2)15-10-24-17(21-15)14-7-8-14/h3-6,10,12,14,16,22H,7-9H2,1-2H3,(H2,19,20,23)/t12-,16+/m0/s1. The number of hydrogen-bond acceptors (Lipinski definition) is 4. The molecule has 1 saturated carbocycles. The number of hydrogen-bond donors (Lipinski definition) is 3. The molecule has 24 heavy (non-hydrogen) atoms. The van der Waals surface area contributed by atoms with Gasteiger partial charge in [-0.3, -0.25) is 0 Å². The second-order valence-corrected chi connectivity index (χ2v) is 7.28. The predicted octanol–water partition coefficient (Wildman–Crippen LogP) is 3.42. The van der Waals surface area contributed by atoms with Crippen LogP contribution >= 0.6 is 11.3 Å². The second-order valence-electron chi connectivity index (χ2n) is 6.39. The summed E-state index contributed by atoms with van der Waals surface area (Å²) in [6, 6.07) is 7.19. The maximum absolute atomic E-state index is 12.0. The summed E-state index contributed by atoms with van der Waals surface area (Å²) in [5.74, 6) is 0.634. The molecule has 1 fully saturated rings. The van der Waals surface area contributed by atoms with Crippen LogP contribution in [0.25, 0.3) is 0 Å². The Morgan fingerprint density at radius 1 is 1.38 bits per heavy atom.